The molecule has 0 saturated carbocycles. The van der Waals surface area contributed by atoms with Crippen molar-refractivity contribution in [1.82, 2.24) is 19.9 Å². The molecule has 0 saturated heterocycles. The zero-order valence-electron chi connectivity index (χ0n) is 16.1. The molecule has 4 aromatic rings. The summed E-state index contributed by atoms with van der Waals surface area (Å²) in [6, 6.07) is 24.6. The number of rotatable bonds is 5. The van der Waals surface area contributed by atoms with Crippen LogP contribution in [0, 0.1) is 0 Å². The Morgan fingerprint density at radius 2 is 1.21 bits per heavy atom. The van der Waals surface area contributed by atoms with Crippen LogP contribution in [-0.2, 0) is 6.54 Å². The van der Waals surface area contributed by atoms with E-state index in [0.717, 1.165) is 40.4 Å². The van der Waals surface area contributed by atoms with Crippen molar-refractivity contribution in [2.75, 3.05) is 14.1 Å². The molecule has 4 nitrogen and oxygen atoms in total. The van der Waals surface area contributed by atoms with Gasteiger partial charge in [-0.1, -0.05) is 36.4 Å². The zero-order chi connectivity index (χ0) is 19.3. The summed E-state index contributed by atoms with van der Waals surface area (Å²) in [6.07, 6.45) is 3.58. The summed E-state index contributed by atoms with van der Waals surface area (Å²) in [7, 11) is 4.16. The normalized spacial score (nSPS) is 11.0. The maximum atomic E-state index is 4.82. The Morgan fingerprint density at radius 3 is 1.68 bits per heavy atom. The van der Waals surface area contributed by atoms with Gasteiger partial charge in [-0.25, -0.2) is 4.98 Å². The van der Waals surface area contributed by atoms with E-state index < -0.39 is 0 Å². The predicted octanol–water partition coefficient (Wildman–Crippen LogP) is 4.93. The van der Waals surface area contributed by atoms with Crippen molar-refractivity contribution in [2.24, 2.45) is 0 Å². The molecular formula is C24H22N4. The molecule has 4 heteroatoms. The number of benzene rings is 1. The van der Waals surface area contributed by atoms with Crippen LogP contribution < -0.4 is 0 Å². The van der Waals surface area contributed by atoms with Gasteiger partial charge in [0.25, 0.3) is 0 Å². The second kappa shape index (κ2) is 8.11. The minimum Gasteiger partial charge on any atom is -0.305 e. The van der Waals surface area contributed by atoms with E-state index in [0.29, 0.717) is 0 Å². The molecule has 0 N–H and O–H groups in total. The highest BCUT2D eigenvalue weighted by molar-refractivity contribution is 5.74. The molecule has 3 aromatic heterocycles. The summed E-state index contributed by atoms with van der Waals surface area (Å²) in [5.74, 6) is 0. The third-order valence-corrected chi connectivity index (χ3v) is 4.47. The van der Waals surface area contributed by atoms with Crippen molar-refractivity contribution in [3.05, 3.63) is 90.8 Å². The molecule has 0 radical (unpaired) electrons. The van der Waals surface area contributed by atoms with Gasteiger partial charge in [0.15, 0.2) is 0 Å². The van der Waals surface area contributed by atoms with Crippen LogP contribution in [0.1, 0.15) is 5.56 Å². The smallest absolute Gasteiger partial charge is 0.0900 e. The molecule has 0 aliphatic carbocycles. The largest absolute Gasteiger partial charge is 0.305 e. The van der Waals surface area contributed by atoms with E-state index in [1.54, 1.807) is 12.4 Å². The van der Waals surface area contributed by atoms with Crippen molar-refractivity contribution < 1.29 is 0 Å². The third-order valence-electron chi connectivity index (χ3n) is 4.47. The monoisotopic (exact) mass is 366 g/mol. The molecule has 0 aliphatic rings. The lowest BCUT2D eigenvalue weighted by Gasteiger charge is -2.12. The van der Waals surface area contributed by atoms with E-state index >= 15 is 0 Å². The van der Waals surface area contributed by atoms with E-state index in [2.05, 4.69) is 65.4 Å². The molecule has 4 rings (SSSR count). The van der Waals surface area contributed by atoms with Gasteiger partial charge in [0.1, 0.15) is 0 Å². The minimum atomic E-state index is 0.844. The highest BCUT2D eigenvalue weighted by Crippen LogP contribution is 2.29. The van der Waals surface area contributed by atoms with Crippen molar-refractivity contribution in [3.8, 4) is 33.9 Å². The molecule has 3 heterocycles. The van der Waals surface area contributed by atoms with Crippen molar-refractivity contribution in [2.45, 2.75) is 6.54 Å². The van der Waals surface area contributed by atoms with Gasteiger partial charge < -0.3 is 4.90 Å². The maximum Gasteiger partial charge on any atom is 0.0900 e. The molecular weight excluding hydrogens is 344 g/mol. The molecule has 28 heavy (non-hydrogen) atoms. The van der Waals surface area contributed by atoms with Crippen LogP contribution in [0.4, 0.5) is 0 Å². The highest BCUT2D eigenvalue weighted by Gasteiger charge is 2.10. The Morgan fingerprint density at radius 1 is 0.643 bits per heavy atom. The van der Waals surface area contributed by atoms with Crippen LogP contribution >= 0.6 is 0 Å². The van der Waals surface area contributed by atoms with Crippen molar-refractivity contribution in [1.29, 1.82) is 0 Å². The SMILES string of the molecule is CN(C)Cc1ccc(-c2cc(-c3ccccn3)nc(-c3ccccn3)c2)cc1. The Bertz CT molecular complexity index is 985. The Balaban J connectivity index is 1.80. The predicted molar refractivity (Wildman–Crippen MR) is 114 cm³/mol. The zero-order valence-corrected chi connectivity index (χ0v) is 16.1. The summed E-state index contributed by atoms with van der Waals surface area (Å²) in [6.45, 7) is 0.926. The lowest BCUT2D eigenvalue weighted by molar-refractivity contribution is 0.402. The first-order valence-electron chi connectivity index (χ1n) is 9.28. The Hall–Kier alpha value is -3.37. The maximum absolute atomic E-state index is 4.82. The fourth-order valence-electron chi connectivity index (χ4n) is 3.16. The fraction of sp³-hybridized carbons (Fsp3) is 0.125. The summed E-state index contributed by atoms with van der Waals surface area (Å²) < 4.78 is 0. The molecule has 0 amide bonds. The van der Waals surface area contributed by atoms with Crippen LogP contribution in [0.5, 0.6) is 0 Å². The van der Waals surface area contributed by atoms with Gasteiger partial charge in [0.2, 0.25) is 0 Å². The minimum absolute atomic E-state index is 0.844. The van der Waals surface area contributed by atoms with Crippen LogP contribution in [-0.4, -0.2) is 33.9 Å². The first-order valence-corrected chi connectivity index (χ1v) is 9.28. The standard InChI is InChI=1S/C24H22N4/c1-28(2)17-18-9-11-19(12-10-18)20-15-23(21-7-3-5-13-25-21)27-24(16-20)22-8-4-6-14-26-22/h3-16H,17H2,1-2H3. The Labute approximate surface area is 165 Å². The third kappa shape index (κ3) is 4.13. The molecule has 0 bridgehead atoms. The quantitative estimate of drug-likeness (QED) is 0.502. The van der Waals surface area contributed by atoms with Gasteiger partial charge in [0.05, 0.1) is 22.8 Å². The van der Waals surface area contributed by atoms with E-state index in [4.69, 9.17) is 4.98 Å². The summed E-state index contributed by atoms with van der Waals surface area (Å²) in [4.78, 5) is 15.9. The van der Waals surface area contributed by atoms with Crippen LogP contribution in [0.3, 0.4) is 0 Å². The van der Waals surface area contributed by atoms with Crippen LogP contribution in [0.2, 0.25) is 0 Å². The van der Waals surface area contributed by atoms with Gasteiger partial charge in [-0.3, -0.25) is 9.97 Å². The van der Waals surface area contributed by atoms with Gasteiger partial charge in [0, 0.05) is 18.9 Å². The molecule has 0 aliphatic heterocycles. The highest BCUT2D eigenvalue weighted by atomic mass is 15.0. The second-order valence-corrected chi connectivity index (χ2v) is 6.99. The first kappa shape index (κ1) is 18.0. The van der Waals surface area contributed by atoms with Gasteiger partial charge in [-0.2, -0.15) is 0 Å². The van der Waals surface area contributed by atoms with Gasteiger partial charge in [-0.15, -0.1) is 0 Å². The van der Waals surface area contributed by atoms with Crippen LogP contribution in [0.25, 0.3) is 33.9 Å². The van der Waals surface area contributed by atoms with Crippen LogP contribution in [0.15, 0.2) is 85.2 Å². The van der Waals surface area contributed by atoms with Crippen molar-refractivity contribution >= 4 is 0 Å². The molecule has 138 valence electrons. The molecule has 0 fully saturated rings. The fourth-order valence-corrected chi connectivity index (χ4v) is 3.16. The lowest BCUT2D eigenvalue weighted by Crippen LogP contribution is -2.10. The summed E-state index contributed by atoms with van der Waals surface area (Å²) >= 11 is 0. The lowest BCUT2D eigenvalue weighted by atomic mass is 10.0. The number of hydrogen-bond donors (Lipinski definition) is 0. The van der Waals surface area contributed by atoms with E-state index in [-0.39, 0.29) is 0 Å². The van der Waals surface area contributed by atoms with Gasteiger partial charge >= 0.3 is 0 Å². The number of nitrogens with zero attached hydrogens (tertiary/aromatic N) is 4. The topological polar surface area (TPSA) is 41.9 Å². The van der Waals surface area contributed by atoms with E-state index in [1.165, 1.54) is 5.56 Å². The summed E-state index contributed by atoms with van der Waals surface area (Å²) in [5.41, 5.74) is 6.94. The van der Waals surface area contributed by atoms with E-state index in [9.17, 15) is 0 Å². The average Bonchev–Trinajstić information content (AvgIpc) is 2.75. The number of aromatic nitrogens is 3. The summed E-state index contributed by atoms with van der Waals surface area (Å²) in [5, 5.41) is 0. The Kier molecular flexibility index (Phi) is 5.22. The molecule has 1 aromatic carbocycles. The van der Waals surface area contributed by atoms with Gasteiger partial charge in [-0.05, 0) is 67.2 Å². The second-order valence-electron chi connectivity index (χ2n) is 6.99. The number of hydrogen-bond acceptors (Lipinski definition) is 4. The first-order chi connectivity index (χ1) is 13.7. The molecule has 0 atom stereocenters. The molecule has 0 unspecified atom stereocenters. The average molecular weight is 366 g/mol. The molecule has 0 spiro atoms. The van der Waals surface area contributed by atoms with E-state index in [1.807, 2.05) is 36.4 Å². The van der Waals surface area contributed by atoms with Crippen molar-refractivity contribution in [3.63, 3.8) is 0 Å². The number of pyridine rings is 3.